The minimum Gasteiger partial charge on any atom is -0.484 e. The van der Waals surface area contributed by atoms with Crippen molar-refractivity contribution in [2.75, 3.05) is 0 Å². The van der Waals surface area contributed by atoms with E-state index in [0.29, 0.717) is 11.8 Å². The highest BCUT2D eigenvalue weighted by atomic mass is 32.1. The Kier molecular flexibility index (Phi) is 3.49. The maximum Gasteiger partial charge on any atom is 0.165 e. The lowest BCUT2D eigenvalue weighted by Gasteiger charge is -2.05. The lowest BCUT2D eigenvalue weighted by Crippen LogP contribution is -1.98. The molecule has 3 nitrogen and oxygen atoms in total. The van der Waals surface area contributed by atoms with Gasteiger partial charge < -0.3 is 4.74 Å². The molecular formula is C12H10FNO2S. The van der Waals surface area contributed by atoms with E-state index >= 15 is 0 Å². The van der Waals surface area contributed by atoms with E-state index in [2.05, 4.69) is 4.98 Å². The molecule has 2 rings (SSSR count). The van der Waals surface area contributed by atoms with Crippen molar-refractivity contribution < 1.29 is 13.9 Å². The number of nitrogens with zero attached hydrogens (tertiary/aromatic N) is 1. The fourth-order valence-electron chi connectivity index (χ4n) is 1.33. The summed E-state index contributed by atoms with van der Waals surface area (Å²) in [5, 5.41) is 2.81. The smallest absolute Gasteiger partial charge is 0.165 e. The number of ether oxygens (including phenoxy) is 1. The van der Waals surface area contributed by atoms with Crippen LogP contribution in [0.4, 0.5) is 4.39 Å². The molecule has 1 aromatic heterocycles. The zero-order valence-electron chi connectivity index (χ0n) is 9.14. The topological polar surface area (TPSA) is 39.2 Å². The average molecular weight is 251 g/mol. The number of aryl methyl sites for hydroxylation is 1. The Bertz CT molecular complexity index is 539. The molecule has 0 saturated carbocycles. The molecule has 0 atom stereocenters. The summed E-state index contributed by atoms with van der Waals surface area (Å²) in [6.45, 7) is 2.12. The van der Waals surface area contributed by atoms with Gasteiger partial charge in [-0.15, -0.1) is 11.3 Å². The van der Waals surface area contributed by atoms with Gasteiger partial charge in [0.2, 0.25) is 0 Å². The van der Waals surface area contributed by atoms with Crippen LogP contribution in [0.1, 0.15) is 21.1 Å². The highest BCUT2D eigenvalue weighted by Crippen LogP contribution is 2.19. The fourth-order valence-corrected chi connectivity index (χ4v) is 1.93. The number of aromatic nitrogens is 1. The van der Waals surface area contributed by atoms with E-state index in [1.54, 1.807) is 0 Å². The normalized spacial score (nSPS) is 10.2. The first-order valence-electron chi connectivity index (χ1n) is 4.97. The van der Waals surface area contributed by atoms with Crippen LogP contribution in [0.2, 0.25) is 0 Å². The van der Waals surface area contributed by atoms with Crippen LogP contribution < -0.4 is 4.74 Å². The summed E-state index contributed by atoms with van der Waals surface area (Å²) in [6.07, 6.45) is 0.594. The van der Waals surface area contributed by atoms with Gasteiger partial charge in [-0.05, 0) is 25.1 Å². The number of thiazole rings is 1. The predicted octanol–water partition coefficient (Wildman–Crippen LogP) is 2.98. The van der Waals surface area contributed by atoms with E-state index in [4.69, 9.17) is 4.74 Å². The molecule has 0 amide bonds. The third kappa shape index (κ3) is 2.88. The molecule has 0 N–H and O–H groups in total. The zero-order valence-corrected chi connectivity index (χ0v) is 9.96. The molecular weight excluding hydrogens is 241 g/mol. The summed E-state index contributed by atoms with van der Waals surface area (Å²) in [6, 6.07) is 4.10. The molecule has 17 heavy (non-hydrogen) atoms. The monoisotopic (exact) mass is 251 g/mol. The minimum atomic E-state index is -0.540. The molecule has 0 radical (unpaired) electrons. The summed E-state index contributed by atoms with van der Waals surface area (Å²) in [5.41, 5.74) is 1.06. The van der Waals surface area contributed by atoms with Crippen LogP contribution in [0.3, 0.4) is 0 Å². The van der Waals surface area contributed by atoms with E-state index in [-0.39, 0.29) is 12.4 Å². The molecule has 0 aliphatic rings. The Morgan fingerprint density at radius 2 is 2.35 bits per heavy atom. The molecule has 0 bridgehead atoms. The highest BCUT2D eigenvalue weighted by Gasteiger charge is 2.06. The van der Waals surface area contributed by atoms with E-state index in [1.807, 2.05) is 12.3 Å². The summed E-state index contributed by atoms with van der Waals surface area (Å²) in [5.74, 6) is -0.414. The Hall–Kier alpha value is -1.75. The lowest BCUT2D eigenvalue weighted by atomic mass is 10.2. The van der Waals surface area contributed by atoms with E-state index < -0.39 is 5.82 Å². The second kappa shape index (κ2) is 5.05. The number of aldehydes is 1. The van der Waals surface area contributed by atoms with E-state index in [0.717, 1.165) is 16.8 Å². The Morgan fingerprint density at radius 1 is 1.53 bits per heavy atom. The second-order valence-corrected chi connectivity index (χ2v) is 4.52. The lowest BCUT2D eigenvalue weighted by molar-refractivity contribution is 0.112. The van der Waals surface area contributed by atoms with Gasteiger partial charge in [0.15, 0.2) is 11.6 Å². The van der Waals surface area contributed by atoms with Crippen molar-refractivity contribution in [2.24, 2.45) is 0 Å². The van der Waals surface area contributed by atoms with Gasteiger partial charge in [-0.2, -0.15) is 0 Å². The summed E-state index contributed by atoms with van der Waals surface area (Å²) < 4.78 is 18.7. The number of halogens is 1. The van der Waals surface area contributed by atoms with Crippen molar-refractivity contribution in [1.82, 2.24) is 4.98 Å². The number of hydrogen-bond donors (Lipinski definition) is 0. The standard InChI is InChI=1S/C12H10FNO2S/c1-8-14-10(7-17-8)6-16-12-3-2-9(5-15)4-11(12)13/h2-5,7H,6H2,1H3. The van der Waals surface area contributed by atoms with Crippen molar-refractivity contribution in [1.29, 1.82) is 0 Å². The van der Waals surface area contributed by atoms with Gasteiger partial charge >= 0.3 is 0 Å². The molecule has 0 fully saturated rings. The molecule has 1 aromatic carbocycles. The molecule has 0 unspecified atom stereocenters. The first-order chi connectivity index (χ1) is 8.19. The van der Waals surface area contributed by atoms with Crippen LogP contribution in [0.15, 0.2) is 23.6 Å². The Morgan fingerprint density at radius 3 is 2.94 bits per heavy atom. The van der Waals surface area contributed by atoms with Crippen LogP contribution in [0.5, 0.6) is 5.75 Å². The molecule has 88 valence electrons. The largest absolute Gasteiger partial charge is 0.484 e. The highest BCUT2D eigenvalue weighted by molar-refractivity contribution is 7.09. The van der Waals surface area contributed by atoms with Gasteiger partial charge in [0, 0.05) is 10.9 Å². The SMILES string of the molecule is Cc1nc(COc2ccc(C=O)cc2F)cs1. The fraction of sp³-hybridized carbons (Fsp3) is 0.167. The van der Waals surface area contributed by atoms with E-state index in [9.17, 15) is 9.18 Å². The van der Waals surface area contributed by atoms with Crippen molar-refractivity contribution in [3.63, 3.8) is 0 Å². The van der Waals surface area contributed by atoms with Crippen molar-refractivity contribution >= 4 is 17.6 Å². The molecule has 2 aromatic rings. The van der Waals surface area contributed by atoms with Gasteiger partial charge in [0.1, 0.15) is 12.9 Å². The number of carbonyl (C=O) groups is 1. The zero-order chi connectivity index (χ0) is 12.3. The third-order valence-corrected chi connectivity index (χ3v) is 2.96. The summed E-state index contributed by atoms with van der Waals surface area (Å²) in [4.78, 5) is 14.6. The number of rotatable bonds is 4. The van der Waals surface area contributed by atoms with Gasteiger partial charge in [0.05, 0.1) is 10.7 Å². The summed E-state index contributed by atoms with van der Waals surface area (Å²) in [7, 11) is 0. The van der Waals surface area contributed by atoms with Gasteiger partial charge in [0.25, 0.3) is 0 Å². The molecule has 1 heterocycles. The first kappa shape index (κ1) is 11.7. The van der Waals surface area contributed by atoms with Crippen molar-refractivity contribution in [2.45, 2.75) is 13.5 Å². The number of hydrogen-bond acceptors (Lipinski definition) is 4. The predicted molar refractivity (Wildman–Crippen MR) is 63.0 cm³/mol. The second-order valence-electron chi connectivity index (χ2n) is 3.45. The number of benzene rings is 1. The molecule has 0 spiro atoms. The molecule has 5 heteroatoms. The Labute approximate surface area is 102 Å². The quantitative estimate of drug-likeness (QED) is 0.784. The molecule has 0 aliphatic carbocycles. The van der Waals surface area contributed by atoms with Gasteiger partial charge in [-0.25, -0.2) is 9.37 Å². The van der Waals surface area contributed by atoms with Crippen molar-refractivity contribution in [3.05, 3.63) is 45.7 Å². The maximum atomic E-state index is 13.4. The van der Waals surface area contributed by atoms with Gasteiger partial charge in [-0.1, -0.05) is 0 Å². The maximum absolute atomic E-state index is 13.4. The van der Waals surface area contributed by atoms with E-state index in [1.165, 1.54) is 23.5 Å². The van der Waals surface area contributed by atoms with Crippen LogP contribution in [0, 0.1) is 12.7 Å². The summed E-state index contributed by atoms with van der Waals surface area (Å²) >= 11 is 1.52. The van der Waals surface area contributed by atoms with Crippen molar-refractivity contribution in [3.8, 4) is 5.75 Å². The first-order valence-corrected chi connectivity index (χ1v) is 5.85. The third-order valence-electron chi connectivity index (χ3n) is 2.13. The van der Waals surface area contributed by atoms with Crippen LogP contribution in [-0.2, 0) is 6.61 Å². The van der Waals surface area contributed by atoms with Crippen LogP contribution >= 0.6 is 11.3 Å². The molecule has 0 aliphatic heterocycles. The molecule has 0 saturated heterocycles. The Balaban J connectivity index is 2.06. The van der Waals surface area contributed by atoms with Gasteiger partial charge in [-0.3, -0.25) is 4.79 Å². The average Bonchev–Trinajstić information content (AvgIpc) is 2.73. The van der Waals surface area contributed by atoms with Crippen LogP contribution in [0.25, 0.3) is 0 Å². The number of carbonyl (C=O) groups excluding carboxylic acids is 1. The van der Waals surface area contributed by atoms with Crippen LogP contribution in [-0.4, -0.2) is 11.3 Å². The minimum absolute atomic E-state index is 0.126.